The smallest absolute Gasteiger partial charge is 0.261 e. The van der Waals surface area contributed by atoms with Gasteiger partial charge >= 0.3 is 0 Å². The second-order valence-corrected chi connectivity index (χ2v) is 5.84. The minimum atomic E-state index is -0.872. The SMILES string of the molecule is Cc1ccc(F)c(C(=O)Nc2c(C)cc(Br)cc2C)c1F. The molecule has 0 saturated heterocycles. The topological polar surface area (TPSA) is 29.1 Å². The standard InChI is InChI=1S/C16H14BrF2NO/c1-8-4-5-12(18)13(14(8)19)16(21)20-15-9(2)6-11(17)7-10(15)3/h4-7H,1-3H3,(H,20,21). The average Bonchev–Trinajstić information content (AvgIpc) is 2.38. The molecule has 2 nitrogen and oxygen atoms in total. The van der Waals surface area contributed by atoms with Crippen molar-refractivity contribution in [2.75, 3.05) is 5.32 Å². The number of halogens is 3. The van der Waals surface area contributed by atoms with Gasteiger partial charge in [-0.3, -0.25) is 4.79 Å². The molecule has 21 heavy (non-hydrogen) atoms. The highest BCUT2D eigenvalue weighted by molar-refractivity contribution is 9.10. The first kappa shape index (κ1) is 15.6. The predicted octanol–water partition coefficient (Wildman–Crippen LogP) is 4.90. The Morgan fingerprint density at radius 2 is 1.62 bits per heavy atom. The number of carbonyl (C=O) groups is 1. The summed E-state index contributed by atoms with van der Waals surface area (Å²) in [7, 11) is 0. The Kier molecular flexibility index (Phi) is 4.42. The van der Waals surface area contributed by atoms with Gasteiger partial charge in [0.25, 0.3) is 5.91 Å². The predicted molar refractivity (Wildman–Crippen MR) is 82.7 cm³/mol. The van der Waals surface area contributed by atoms with Gasteiger partial charge < -0.3 is 5.32 Å². The van der Waals surface area contributed by atoms with Crippen LogP contribution >= 0.6 is 15.9 Å². The molecule has 2 aromatic rings. The summed E-state index contributed by atoms with van der Waals surface area (Å²) < 4.78 is 28.6. The van der Waals surface area contributed by atoms with Crippen molar-refractivity contribution in [2.45, 2.75) is 20.8 Å². The molecule has 0 saturated carbocycles. The van der Waals surface area contributed by atoms with Crippen molar-refractivity contribution in [3.05, 3.63) is 62.6 Å². The molecule has 0 aliphatic heterocycles. The van der Waals surface area contributed by atoms with Crippen LogP contribution in [0.5, 0.6) is 0 Å². The number of aryl methyl sites for hydroxylation is 3. The Balaban J connectivity index is 2.42. The fourth-order valence-corrected chi connectivity index (χ4v) is 2.84. The van der Waals surface area contributed by atoms with Crippen LogP contribution in [-0.4, -0.2) is 5.91 Å². The minimum absolute atomic E-state index is 0.228. The molecular formula is C16H14BrF2NO. The number of anilines is 1. The number of rotatable bonds is 2. The van der Waals surface area contributed by atoms with Crippen LogP contribution in [0.15, 0.2) is 28.7 Å². The molecule has 0 fully saturated rings. The van der Waals surface area contributed by atoms with Gasteiger partial charge in [-0.1, -0.05) is 22.0 Å². The van der Waals surface area contributed by atoms with Gasteiger partial charge in [-0.25, -0.2) is 8.78 Å². The van der Waals surface area contributed by atoms with Crippen LogP contribution in [0.4, 0.5) is 14.5 Å². The number of carbonyl (C=O) groups excluding carboxylic acids is 1. The quantitative estimate of drug-likeness (QED) is 0.816. The molecule has 0 aliphatic carbocycles. The van der Waals surface area contributed by atoms with Gasteiger partial charge in [0.15, 0.2) is 0 Å². The largest absolute Gasteiger partial charge is 0.321 e. The molecule has 5 heteroatoms. The van der Waals surface area contributed by atoms with Crippen molar-refractivity contribution in [3.8, 4) is 0 Å². The zero-order chi connectivity index (χ0) is 15.7. The molecule has 0 radical (unpaired) electrons. The second-order valence-electron chi connectivity index (χ2n) is 4.92. The van der Waals surface area contributed by atoms with Crippen molar-refractivity contribution >= 4 is 27.5 Å². The minimum Gasteiger partial charge on any atom is -0.321 e. The van der Waals surface area contributed by atoms with E-state index in [4.69, 9.17) is 0 Å². The average molecular weight is 354 g/mol. The third-order valence-corrected chi connectivity index (χ3v) is 3.71. The molecule has 2 rings (SSSR count). The zero-order valence-electron chi connectivity index (χ0n) is 11.9. The fraction of sp³-hybridized carbons (Fsp3) is 0.188. The van der Waals surface area contributed by atoms with E-state index in [2.05, 4.69) is 21.2 Å². The van der Waals surface area contributed by atoms with E-state index in [1.54, 1.807) is 0 Å². The van der Waals surface area contributed by atoms with Crippen LogP contribution in [-0.2, 0) is 0 Å². The van der Waals surface area contributed by atoms with Gasteiger partial charge in [0.05, 0.1) is 0 Å². The van der Waals surface area contributed by atoms with E-state index < -0.39 is 23.1 Å². The summed E-state index contributed by atoms with van der Waals surface area (Å²) >= 11 is 3.36. The van der Waals surface area contributed by atoms with Crippen LogP contribution in [0.3, 0.4) is 0 Å². The lowest BCUT2D eigenvalue weighted by molar-refractivity contribution is 0.101. The van der Waals surface area contributed by atoms with E-state index in [1.807, 2.05) is 26.0 Å². The molecule has 1 N–H and O–H groups in total. The van der Waals surface area contributed by atoms with Crippen LogP contribution in [0.1, 0.15) is 27.0 Å². The number of amides is 1. The van der Waals surface area contributed by atoms with Gasteiger partial charge in [-0.15, -0.1) is 0 Å². The lowest BCUT2D eigenvalue weighted by Crippen LogP contribution is -2.18. The summed E-state index contributed by atoms with van der Waals surface area (Å²) in [4.78, 5) is 12.2. The molecule has 2 aromatic carbocycles. The van der Waals surface area contributed by atoms with Gasteiger partial charge in [-0.2, -0.15) is 0 Å². The Morgan fingerprint density at radius 1 is 1.05 bits per heavy atom. The van der Waals surface area contributed by atoms with Crippen molar-refractivity contribution in [2.24, 2.45) is 0 Å². The van der Waals surface area contributed by atoms with Gasteiger partial charge in [0.1, 0.15) is 17.2 Å². The fourth-order valence-electron chi connectivity index (χ4n) is 2.15. The molecular weight excluding hydrogens is 340 g/mol. The summed E-state index contributed by atoms with van der Waals surface area (Å²) in [6, 6.07) is 6.04. The molecule has 0 unspecified atom stereocenters. The van der Waals surface area contributed by atoms with Crippen molar-refractivity contribution in [1.82, 2.24) is 0 Å². The first-order valence-electron chi connectivity index (χ1n) is 6.34. The number of hydrogen-bond donors (Lipinski definition) is 1. The lowest BCUT2D eigenvalue weighted by Gasteiger charge is -2.13. The van der Waals surface area contributed by atoms with Crippen LogP contribution in [0, 0.1) is 32.4 Å². The first-order chi connectivity index (χ1) is 9.81. The zero-order valence-corrected chi connectivity index (χ0v) is 13.4. The van der Waals surface area contributed by atoms with Crippen LogP contribution in [0.25, 0.3) is 0 Å². The summed E-state index contributed by atoms with van der Waals surface area (Å²) in [5, 5.41) is 2.59. The summed E-state index contributed by atoms with van der Waals surface area (Å²) in [6.45, 7) is 5.12. The normalized spacial score (nSPS) is 10.6. The molecule has 0 atom stereocenters. The third-order valence-electron chi connectivity index (χ3n) is 3.25. The molecule has 1 amide bonds. The molecule has 0 spiro atoms. The molecule has 0 aromatic heterocycles. The Hall–Kier alpha value is -1.75. The van der Waals surface area contributed by atoms with E-state index in [1.165, 1.54) is 13.0 Å². The third kappa shape index (κ3) is 3.13. The molecule has 0 aliphatic rings. The highest BCUT2D eigenvalue weighted by atomic mass is 79.9. The Bertz CT molecular complexity index is 705. The molecule has 110 valence electrons. The first-order valence-corrected chi connectivity index (χ1v) is 7.13. The van der Waals surface area contributed by atoms with E-state index in [0.29, 0.717) is 5.69 Å². The van der Waals surface area contributed by atoms with Gasteiger partial charge in [-0.05, 0) is 55.7 Å². The van der Waals surface area contributed by atoms with Crippen molar-refractivity contribution in [3.63, 3.8) is 0 Å². The second kappa shape index (κ2) is 5.93. The van der Waals surface area contributed by atoms with Gasteiger partial charge in [0, 0.05) is 10.2 Å². The number of nitrogens with one attached hydrogen (secondary N) is 1. The van der Waals surface area contributed by atoms with E-state index in [0.717, 1.165) is 21.7 Å². The highest BCUT2D eigenvalue weighted by Gasteiger charge is 2.20. The number of benzene rings is 2. The Labute approximate surface area is 130 Å². The molecule has 0 heterocycles. The maximum atomic E-state index is 14.0. The summed E-state index contributed by atoms with van der Waals surface area (Å²) in [6.07, 6.45) is 0. The van der Waals surface area contributed by atoms with E-state index in [9.17, 15) is 13.6 Å². The summed E-state index contributed by atoms with van der Waals surface area (Å²) in [5.74, 6) is -2.50. The number of hydrogen-bond acceptors (Lipinski definition) is 1. The highest BCUT2D eigenvalue weighted by Crippen LogP contribution is 2.26. The van der Waals surface area contributed by atoms with Crippen molar-refractivity contribution in [1.29, 1.82) is 0 Å². The summed E-state index contributed by atoms with van der Waals surface area (Å²) in [5.41, 5.74) is 1.85. The van der Waals surface area contributed by atoms with Crippen LogP contribution in [0.2, 0.25) is 0 Å². The van der Waals surface area contributed by atoms with Crippen LogP contribution < -0.4 is 5.32 Å². The molecule has 0 bridgehead atoms. The lowest BCUT2D eigenvalue weighted by atomic mass is 10.1. The van der Waals surface area contributed by atoms with E-state index in [-0.39, 0.29) is 5.56 Å². The Morgan fingerprint density at radius 3 is 2.19 bits per heavy atom. The van der Waals surface area contributed by atoms with Gasteiger partial charge in [0.2, 0.25) is 0 Å². The monoisotopic (exact) mass is 353 g/mol. The van der Waals surface area contributed by atoms with E-state index >= 15 is 0 Å². The maximum absolute atomic E-state index is 14.0. The van der Waals surface area contributed by atoms with Crippen molar-refractivity contribution < 1.29 is 13.6 Å². The maximum Gasteiger partial charge on any atom is 0.261 e.